The van der Waals surface area contributed by atoms with Gasteiger partial charge in [0.15, 0.2) is 0 Å². The molecule has 1 saturated heterocycles. The molecule has 1 N–H and O–H groups in total. The van der Waals surface area contributed by atoms with E-state index in [1.807, 2.05) is 0 Å². The maximum atomic E-state index is 13.1. The molecule has 1 fully saturated rings. The molecule has 8 heteroatoms. The van der Waals surface area contributed by atoms with Gasteiger partial charge in [-0.1, -0.05) is 182 Å². The SMILES string of the molecule is CCCCCCCCC(CCCCCC)C(=O)OCCCCCCN(CCCCCCOC(=O)C(CCCCCC)CCCCCCCC)CCN1CCN(CCCO)CC1. The van der Waals surface area contributed by atoms with Gasteiger partial charge in [-0.3, -0.25) is 14.5 Å². The molecule has 0 saturated carbocycles. The number of esters is 2. The van der Waals surface area contributed by atoms with Crippen LogP contribution in [0.3, 0.4) is 0 Å². The molecule has 1 rings (SSSR count). The number of aliphatic hydroxyl groups excluding tert-OH is 1. The maximum Gasteiger partial charge on any atom is 0.308 e. The van der Waals surface area contributed by atoms with Gasteiger partial charge in [-0.05, 0) is 70.9 Å². The molecule has 362 valence electrons. The molecule has 0 aliphatic carbocycles. The van der Waals surface area contributed by atoms with Gasteiger partial charge < -0.3 is 24.4 Å². The topological polar surface area (TPSA) is 82.5 Å². The van der Waals surface area contributed by atoms with E-state index in [4.69, 9.17) is 9.47 Å². The lowest BCUT2D eigenvalue weighted by Crippen LogP contribution is -2.48. The van der Waals surface area contributed by atoms with Gasteiger partial charge in [0, 0.05) is 52.4 Å². The van der Waals surface area contributed by atoms with E-state index in [0.717, 1.165) is 142 Å². The quantitative estimate of drug-likeness (QED) is 0.0479. The van der Waals surface area contributed by atoms with E-state index in [1.54, 1.807) is 0 Å². The lowest BCUT2D eigenvalue weighted by atomic mass is 9.94. The summed E-state index contributed by atoms with van der Waals surface area (Å²) in [6.45, 7) is 20.4. The first-order valence-electron chi connectivity index (χ1n) is 27.1. The standard InChI is InChI=1S/C53H105N3O5/c1-5-9-13-17-19-27-36-50(34-25-15-11-7-3)52(58)60-48-31-23-21-29-38-54(41-44-56-45-42-55(43-46-56)40-33-47-57)39-30-22-24-32-49-61-53(59)51(35-26-16-12-8-4)37-28-20-18-14-10-6-2/h50-51,57H,5-49H2,1-4H3. The van der Waals surface area contributed by atoms with Crippen LogP contribution in [-0.2, 0) is 19.1 Å². The first kappa shape index (κ1) is 57.8. The second kappa shape index (κ2) is 44.0. The summed E-state index contributed by atoms with van der Waals surface area (Å²) in [6.07, 6.45) is 38.7. The molecule has 0 radical (unpaired) electrons. The molecule has 1 heterocycles. The van der Waals surface area contributed by atoms with Crippen LogP contribution in [0.5, 0.6) is 0 Å². The highest BCUT2D eigenvalue weighted by molar-refractivity contribution is 5.72. The highest BCUT2D eigenvalue weighted by Crippen LogP contribution is 2.22. The third-order valence-corrected chi connectivity index (χ3v) is 13.3. The molecular weight excluding hydrogens is 759 g/mol. The number of carbonyl (C=O) groups is 2. The Morgan fingerprint density at radius 2 is 0.754 bits per heavy atom. The van der Waals surface area contributed by atoms with Crippen molar-refractivity contribution in [3.8, 4) is 0 Å². The lowest BCUT2D eigenvalue weighted by molar-refractivity contribution is -0.150. The molecule has 0 aromatic heterocycles. The minimum absolute atomic E-state index is 0.0640. The number of ether oxygens (including phenoxy) is 2. The monoisotopic (exact) mass is 864 g/mol. The van der Waals surface area contributed by atoms with Crippen molar-refractivity contribution in [2.45, 2.75) is 240 Å². The molecule has 8 nitrogen and oxygen atoms in total. The van der Waals surface area contributed by atoms with Crippen molar-refractivity contribution in [3.63, 3.8) is 0 Å². The van der Waals surface area contributed by atoms with Gasteiger partial charge >= 0.3 is 11.9 Å². The summed E-state index contributed by atoms with van der Waals surface area (Å²) < 4.78 is 11.8. The minimum Gasteiger partial charge on any atom is -0.465 e. The number of nitrogens with zero attached hydrogens (tertiary/aromatic N) is 3. The summed E-state index contributed by atoms with van der Waals surface area (Å²) in [4.78, 5) is 34.0. The van der Waals surface area contributed by atoms with Crippen LogP contribution in [0.25, 0.3) is 0 Å². The van der Waals surface area contributed by atoms with Crippen molar-refractivity contribution in [1.82, 2.24) is 14.7 Å². The van der Waals surface area contributed by atoms with Crippen LogP contribution in [0.4, 0.5) is 0 Å². The third kappa shape index (κ3) is 34.8. The van der Waals surface area contributed by atoms with Crippen LogP contribution < -0.4 is 0 Å². The Morgan fingerprint density at radius 3 is 1.15 bits per heavy atom. The molecule has 61 heavy (non-hydrogen) atoms. The van der Waals surface area contributed by atoms with E-state index in [-0.39, 0.29) is 30.4 Å². The summed E-state index contributed by atoms with van der Waals surface area (Å²) in [5.41, 5.74) is 0. The number of aliphatic hydroxyl groups is 1. The van der Waals surface area contributed by atoms with Gasteiger partial charge in [-0.25, -0.2) is 0 Å². The van der Waals surface area contributed by atoms with Crippen molar-refractivity contribution in [2.24, 2.45) is 11.8 Å². The average Bonchev–Trinajstić information content (AvgIpc) is 3.27. The zero-order valence-corrected chi connectivity index (χ0v) is 41.4. The smallest absolute Gasteiger partial charge is 0.308 e. The van der Waals surface area contributed by atoms with E-state index in [9.17, 15) is 14.7 Å². The zero-order chi connectivity index (χ0) is 44.3. The first-order chi connectivity index (χ1) is 30.0. The van der Waals surface area contributed by atoms with Crippen LogP contribution in [-0.4, -0.2) is 110 Å². The normalized spacial score (nSPS) is 14.8. The van der Waals surface area contributed by atoms with Gasteiger partial charge in [0.2, 0.25) is 0 Å². The Balaban J connectivity index is 2.48. The zero-order valence-electron chi connectivity index (χ0n) is 41.4. The average molecular weight is 864 g/mol. The molecule has 2 unspecified atom stereocenters. The van der Waals surface area contributed by atoms with Crippen LogP contribution >= 0.6 is 0 Å². The van der Waals surface area contributed by atoms with Crippen molar-refractivity contribution >= 4 is 11.9 Å². The Labute approximate surface area is 379 Å². The number of unbranched alkanes of at least 4 members (excludes halogenated alkanes) is 22. The predicted octanol–water partition coefficient (Wildman–Crippen LogP) is 13.2. The largest absolute Gasteiger partial charge is 0.465 e. The summed E-state index contributed by atoms with van der Waals surface area (Å²) in [7, 11) is 0. The van der Waals surface area contributed by atoms with Gasteiger partial charge in [-0.2, -0.15) is 0 Å². The molecule has 0 bridgehead atoms. The maximum absolute atomic E-state index is 13.1. The number of piperazine rings is 1. The third-order valence-electron chi connectivity index (χ3n) is 13.3. The Kier molecular flexibility index (Phi) is 41.7. The molecular formula is C53H105N3O5. The second-order valence-corrected chi connectivity index (χ2v) is 19.0. The minimum atomic E-state index is 0.0640. The van der Waals surface area contributed by atoms with Gasteiger partial charge in [-0.15, -0.1) is 0 Å². The molecule has 1 aliphatic rings. The summed E-state index contributed by atoms with van der Waals surface area (Å²) in [5.74, 6) is 0.308. The second-order valence-electron chi connectivity index (χ2n) is 19.0. The van der Waals surface area contributed by atoms with Crippen LogP contribution in [0.2, 0.25) is 0 Å². The van der Waals surface area contributed by atoms with Gasteiger partial charge in [0.25, 0.3) is 0 Å². The molecule has 0 aromatic rings. The van der Waals surface area contributed by atoms with E-state index >= 15 is 0 Å². The fraction of sp³-hybridized carbons (Fsp3) is 0.962. The van der Waals surface area contributed by atoms with E-state index in [0.29, 0.717) is 13.2 Å². The van der Waals surface area contributed by atoms with Gasteiger partial charge in [0.1, 0.15) is 0 Å². The highest BCUT2D eigenvalue weighted by Gasteiger charge is 2.21. The number of hydrogen-bond acceptors (Lipinski definition) is 8. The predicted molar refractivity (Wildman–Crippen MR) is 260 cm³/mol. The Morgan fingerprint density at radius 1 is 0.426 bits per heavy atom. The van der Waals surface area contributed by atoms with E-state index in [1.165, 1.54) is 128 Å². The van der Waals surface area contributed by atoms with Crippen LogP contribution in [0, 0.1) is 11.8 Å². The molecule has 0 aromatic carbocycles. The van der Waals surface area contributed by atoms with Crippen LogP contribution in [0.1, 0.15) is 240 Å². The molecule has 0 spiro atoms. The van der Waals surface area contributed by atoms with Crippen molar-refractivity contribution < 1.29 is 24.2 Å². The van der Waals surface area contributed by atoms with E-state index < -0.39 is 0 Å². The highest BCUT2D eigenvalue weighted by atomic mass is 16.5. The number of carbonyl (C=O) groups excluding carboxylic acids is 2. The molecule has 2 atom stereocenters. The number of rotatable bonds is 46. The Bertz CT molecular complexity index is 887. The van der Waals surface area contributed by atoms with Crippen LogP contribution in [0.15, 0.2) is 0 Å². The van der Waals surface area contributed by atoms with Gasteiger partial charge in [0.05, 0.1) is 25.0 Å². The summed E-state index contributed by atoms with van der Waals surface area (Å²) >= 11 is 0. The summed E-state index contributed by atoms with van der Waals surface area (Å²) in [5, 5.41) is 9.24. The first-order valence-corrected chi connectivity index (χ1v) is 27.1. The Hall–Kier alpha value is -1.22. The van der Waals surface area contributed by atoms with Crippen molar-refractivity contribution in [2.75, 3.05) is 78.7 Å². The number of hydrogen-bond donors (Lipinski definition) is 1. The fourth-order valence-electron chi connectivity index (χ4n) is 9.05. The molecule has 0 amide bonds. The molecule has 1 aliphatic heterocycles. The van der Waals surface area contributed by atoms with Crippen molar-refractivity contribution in [3.05, 3.63) is 0 Å². The lowest BCUT2D eigenvalue weighted by Gasteiger charge is -2.35. The van der Waals surface area contributed by atoms with Crippen molar-refractivity contribution in [1.29, 1.82) is 0 Å². The summed E-state index contributed by atoms with van der Waals surface area (Å²) in [6, 6.07) is 0. The fourth-order valence-corrected chi connectivity index (χ4v) is 9.05. The van der Waals surface area contributed by atoms with E-state index in [2.05, 4.69) is 42.4 Å².